The first-order valence-electron chi connectivity index (χ1n) is 7.01. The number of carbonyl (C=O) groups is 1. The molecule has 0 spiro atoms. The molecule has 0 N–H and O–H groups in total. The fraction of sp³-hybridized carbons (Fsp3) is 0.188. The number of rotatable bonds is 5. The van der Waals surface area contributed by atoms with Crippen LogP contribution in [-0.2, 0) is 16.1 Å². The second kappa shape index (κ2) is 6.66. The number of hydrogen-bond donors (Lipinski definition) is 0. The molecule has 0 atom stereocenters. The maximum Gasteiger partial charge on any atom is 0.325 e. The molecular weight excluding hydrogens is 316 g/mol. The second-order valence-electron chi connectivity index (χ2n) is 4.96. The van der Waals surface area contributed by atoms with Crippen LogP contribution in [0.15, 0.2) is 48.9 Å². The summed E-state index contributed by atoms with van der Waals surface area (Å²) in [6.07, 6.45) is 5.17. The molecule has 23 heavy (non-hydrogen) atoms. The van der Waals surface area contributed by atoms with E-state index in [2.05, 4.69) is 9.97 Å². The van der Waals surface area contributed by atoms with Gasteiger partial charge in [0.1, 0.15) is 12.2 Å². The first kappa shape index (κ1) is 15.3. The maximum absolute atomic E-state index is 11.8. The predicted molar refractivity (Wildman–Crippen MR) is 87.5 cm³/mol. The van der Waals surface area contributed by atoms with Crippen LogP contribution in [-0.4, -0.2) is 34.0 Å². The molecule has 0 unspecified atom stereocenters. The highest BCUT2D eigenvalue weighted by Gasteiger charge is 2.16. The number of anilines is 1. The lowest BCUT2D eigenvalue weighted by molar-refractivity contribution is -0.139. The SMILES string of the molecule is COC(=O)CN(Cc1ccc(Cl)cc1)c1nccc2nccn12. The number of aromatic nitrogens is 3. The third kappa shape index (κ3) is 3.43. The van der Waals surface area contributed by atoms with Crippen molar-refractivity contribution < 1.29 is 9.53 Å². The summed E-state index contributed by atoms with van der Waals surface area (Å²) in [5.41, 5.74) is 1.78. The Labute approximate surface area is 138 Å². The number of esters is 1. The van der Waals surface area contributed by atoms with Crippen molar-refractivity contribution in [2.45, 2.75) is 6.54 Å². The van der Waals surface area contributed by atoms with E-state index in [1.165, 1.54) is 7.11 Å². The van der Waals surface area contributed by atoms with Crippen molar-refractivity contribution in [3.8, 4) is 0 Å². The summed E-state index contributed by atoms with van der Waals surface area (Å²) >= 11 is 5.92. The van der Waals surface area contributed by atoms with Crippen molar-refractivity contribution in [3.05, 3.63) is 59.5 Å². The van der Waals surface area contributed by atoms with E-state index in [9.17, 15) is 4.79 Å². The molecule has 0 aliphatic carbocycles. The minimum absolute atomic E-state index is 0.0867. The molecule has 2 aromatic heterocycles. The normalized spacial score (nSPS) is 10.7. The molecule has 0 fully saturated rings. The van der Waals surface area contributed by atoms with Crippen molar-refractivity contribution in [1.29, 1.82) is 0 Å². The summed E-state index contributed by atoms with van der Waals surface area (Å²) in [4.78, 5) is 22.3. The second-order valence-corrected chi connectivity index (χ2v) is 5.40. The number of fused-ring (bicyclic) bond motifs is 1. The largest absolute Gasteiger partial charge is 0.468 e. The molecule has 3 rings (SSSR count). The smallest absolute Gasteiger partial charge is 0.325 e. The third-order valence-electron chi connectivity index (χ3n) is 3.42. The van der Waals surface area contributed by atoms with Crippen LogP contribution in [0.4, 0.5) is 5.95 Å². The number of hydrogen-bond acceptors (Lipinski definition) is 5. The third-order valence-corrected chi connectivity index (χ3v) is 3.67. The van der Waals surface area contributed by atoms with Crippen molar-refractivity contribution in [2.75, 3.05) is 18.6 Å². The zero-order valence-electron chi connectivity index (χ0n) is 12.5. The summed E-state index contributed by atoms with van der Waals surface area (Å²) in [6, 6.07) is 9.28. The van der Waals surface area contributed by atoms with Crippen LogP contribution in [0.3, 0.4) is 0 Å². The molecule has 1 aromatic carbocycles. The zero-order chi connectivity index (χ0) is 16.2. The average molecular weight is 331 g/mol. The average Bonchev–Trinajstić information content (AvgIpc) is 3.04. The zero-order valence-corrected chi connectivity index (χ0v) is 13.3. The number of halogens is 1. The van der Waals surface area contributed by atoms with E-state index in [1.54, 1.807) is 12.4 Å². The number of nitrogens with zero attached hydrogens (tertiary/aromatic N) is 4. The van der Waals surface area contributed by atoms with Gasteiger partial charge in [-0.05, 0) is 23.8 Å². The molecular formula is C16H15ClN4O2. The molecule has 2 heterocycles. The molecule has 0 saturated heterocycles. The van der Waals surface area contributed by atoms with Gasteiger partial charge in [-0.25, -0.2) is 9.97 Å². The fourth-order valence-corrected chi connectivity index (χ4v) is 2.43. The van der Waals surface area contributed by atoms with Gasteiger partial charge < -0.3 is 9.64 Å². The number of methoxy groups -OCH3 is 1. The molecule has 6 nitrogen and oxygen atoms in total. The Morgan fingerprint density at radius 1 is 1.22 bits per heavy atom. The Morgan fingerprint density at radius 3 is 2.74 bits per heavy atom. The fourth-order valence-electron chi connectivity index (χ4n) is 2.30. The molecule has 118 valence electrons. The highest BCUT2D eigenvalue weighted by Crippen LogP contribution is 2.17. The Balaban J connectivity index is 1.96. The van der Waals surface area contributed by atoms with E-state index in [-0.39, 0.29) is 12.5 Å². The number of benzene rings is 1. The molecule has 0 radical (unpaired) electrons. The lowest BCUT2D eigenvalue weighted by Crippen LogP contribution is -2.32. The molecule has 3 aromatic rings. The molecule has 7 heteroatoms. The molecule has 0 saturated carbocycles. The van der Waals surface area contributed by atoms with E-state index in [4.69, 9.17) is 16.3 Å². The van der Waals surface area contributed by atoms with E-state index in [0.29, 0.717) is 17.5 Å². The van der Waals surface area contributed by atoms with Gasteiger partial charge in [-0.1, -0.05) is 23.7 Å². The summed E-state index contributed by atoms with van der Waals surface area (Å²) in [5.74, 6) is 0.290. The summed E-state index contributed by atoms with van der Waals surface area (Å²) in [7, 11) is 1.37. The topological polar surface area (TPSA) is 59.7 Å². The van der Waals surface area contributed by atoms with E-state index >= 15 is 0 Å². The van der Waals surface area contributed by atoms with Crippen molar-refractivity contribution in [3.63, 3.8) is 0 Å². The first-order chi connectivity index (χ1) is 11.2. The van der Waals surface area contributed by atoms with Crippen LogP contribution >= 0.6 is 11.6 Å². The van der Waals surface area contributed by atoms with Crippen LogP contribution in [0.25, 0.3) is 5.65 Å². The monoisotopic (exact) mass is 330 g/mol. The standard InChI is InChI=1S/C16H15ClN4O2/c1-23-15(22)11-20(10-12-2-4-13(17)5-3-12)16-19-7-6-14-18-8-9-21(14)16/h2-9H,10-11H2,1H3. The van der Waals surface area contributed by atoms with Gasteiger partial charge in [0.25, 0.3) is 0 Å². The van der Waals surface area contributed by atoms with Gasteiger partial charge in [-0.15, -0.1) is 0 Å². The lowest BCUT2D eigenvalue weighted by Gasteiger charge is -2.23. The summed E-state index contributed by atoms with van der Waals surface area (Å²) < 4.78 is 6.63. The summed E-state index contributed by atoms with van der Waals surface area (Å²) in [6.45, 7) is 0.583. The van der Waals surface area contributed by atoms with Crippen molar-refractivity contribution in [2.24, 2.45) is 0 Å². The predicted octanol–water partition coefficient (Wildman–Crippen LogP) is 2.56. The van der Waals surface area contributed by atoms with Gasteiger partial charge in [-0.3, -0.25) is 9.20 Å². The van der Waals surface area contributed by atoms with Crippen LogP contribution in [0.2, 0.25) is 5.02 Å². The molecule has 0 aliphatic heterocycles. The first-order valence-corrected chi connectivity index (χ1v) is 7.39. The van der Waals surface area contributed by atoms with Gasteiger partial charge >= 0.3 is 5.97 Å². The van der Waals surface area contributed by atoms with Crippen molar-refractivity contribution in [1.82, 2.24) is 14.4 Å². The lowest BCUT2D eigenvalue weighted by atomic mass is 10.2. The Bertz CT molecular complexity index is 816. The van der Waals surface area contributed by atoms with Gasteiger partial charge in [0.05, 0.1) is 7.11 Å². The van der Waals surface area contributed by atoms with E-state index in [1.807, 2.05) is 45.8 Å². The minimum atomic E-state index is -0.335. The number of carbonyl (C=O) groups excluding carboxylic acids is 1. The number of imidazole rings is 1. The van der Waals surface area contributed by atoms with Crippen LogP contribution < -0.4 is 4.90 Å². The van der Waals surface area contributed by atoms with Crippen molar-refractivity contribution >= 4 is 29.2 Å². The highest BCUT2D eigenvalue weighted by atomic mass is 35.5. The van der Waals surface area contributed by atoms with E-state index in [0.717, 1.165) is 11.2 Å². The molecule has 0 aliphatic rings. The van der Waals surface area contributed by atoms with Gasteiger partial charge in [0, 0.05) is 30.2 Å². The highest BCUT2D eigenvalue weighted by molar-refractivity contribution is 6.30. The maximum atomic E-state index is 11.8. The Morgan fingerprint density at radius 2 is 2.00 bits per heavy atom. The minimum Gasteiger partial charge on any atom is -0.468 e. The molecule has 0 bridgehead atoms. The van der Waals surface area contributed by atoms with Gasteiger partial charge in [0.15, 0.2) is 0 Å². The number of ether oxygens (including phenoxy) is 1. The Hall–Kier alpha value is -2.60. The van der Waals surface area contributed by atoms with Gasteiger partial charge in [0.2, 0.25) is 5.95 Å². The van der Waals surface area contributed by atoms with Crippen LogP contribution in [0.5, 0.6) is 0 Å². The Kier molecular flexibility index (Phi) is 4.43. The van der Waals surface area contributed by atoms with Gasteiger partial charge in [-0.2, -0.15) is 0 Å². The quantitative estimate of drug-likeness (QED) is 0.673. The van der Waals surface area contributed by atoms with Crippen LogP contribution in [0, 0.1) is 0 Å². The van der Waals surface area contributed by atoms with E-state index < -0.39 is 0 Å². The summed E-state index contributed by atoms with van der Waals surface area (Å²) in [5, 5.41) is 0.670. The molecule has 0 amide bonds. The van der Waals surface area contributed by atoms with Crippen LogP contribution in [0.1, 0.15) is 5.56 Å².